The third kappa shape index (κ3) is 6.50. The van der Waals surface area contributed by atoms with Gasteiger partial charge in [0, 0.05) is 67.9 Å². The lowest BCUT2D eigenvalue weighted by Gasteiger charge is -2.34. The number of likely N-dealkylation sites (tertiary alicyclic amines) is 1. The van der Waals surface area contributed by atoms with Crippen molar-refractivity contribution in [2.75, 3.05) is 13.1 Å². The van der Waals surface area contributed by atoms with Crippen LogP contribution in [-0.2, 0) is 17.7 Å². The van der Waals surface area contributed by atoms with E-state index >= 15 is 0 Å². The first-order valence-electron chi connectivity index (χ1n) is 13.7. The van der Waals surface area contributed by atoms with Crippen LogP contribution in [0.25, 0.3) is 22.5 Å². The fourth-order valence-corrected chi connectivity index (χ4v) is 4.95. The molecule has 1 aromatic carbocycles. The summed E-state index contributed by atoms with van der Waals surface area (Å²) in [5, 5.41) is 4.76. The number of benzene rings is 1. The second kappa shape index (κ2) is 11.4. The molecule has 1 aliphatic rings. The number of ether oxygens (including phenoxy) is 1. The second-order valence-electron chi connectivity index (χ2n) is 11.0. The van der Waals surface area contributed by atoms with Crippen molar-refractivity contribution >= 4 is 6.09 Å². The maximum atomic E-state index is 12.6. The minimum atomic E-state index is -0.484. The first-order chi connectivity index (χ1) is 18.8. The van der Waals surface area contributed by atoms with E-state index in [9.17, 15) is 4.79 Å². The first kappa shape index (κ1) is 26.5. The van der Waals surface area contributed by atoms with Gasteiger partial charge in [-0.3, -0.25) is 9.67 Å². The van der Waals surface area contributed by atoms with E-state index in [1.165, 1.54) is 5.56 Å². The van der Waals surface area contributed by atoms with Gasteiger partial charge in [0.1, 0.15) is 17.1 Å². The van der Waals surface area contributed by atoms with Gasteiger partial charge in [0.25, 0.3) is 0 Å². The molecule has 39 heavy (non-hydrogen) atoms. The van der Waals surface area contributed by atoms with Crippen LogP contribution in [0.1, 0.15) is 63.4 Å². The zero-order valence-corrected chi connectivity index (χ0v) is 23.2. The highest BCUT2D eigenvalue weighted by molar-refractivity contribution is 5.78. The first-order valence-corrected chi connectivity index (χ1v) is 13.7. The van der Waals surface area contributed by atoms with Crippen molar-refractivity contribution in [3.05, 3.63) is 84.2 Å². The number of rotatable bonds is 6. The lowest BCUT2D eigenvalue weighted by molar-refractivity contribution is 0.0198. The Hall–Kier alpha value is -4.07. The molecule has 1 saturated heterocycles. The third-order valence-corrected chi connectivity index (χ3v) is 6.89. The minimum absolute atomic E-state index is 0.225. The van der Waals surface area contributed by atoms with Crippen LogP contribution in [0, 0.1) is 0 Å². The Morgan fingerprint density at radius 3 is 2.64 bits per heavy atom. The van der Waals surface area contributed by atoms with Crippen LogP contribution in [0.3, 0.4) is 0 Å². The number of aromatic nitrogens is 5. The van der Waals surface area contributed by atoms with Crippen molar-refractivity contribution in [1.82, 2.24) is 29.6 Å². The predicted molar refractivity (Wildman–Crippen MR) is 151 cm³/mol. The highest BCUT2D eigenvalue weighted by atomic mass is 16.6. The van der Waals surface area contributed by atoms with Crippen LogP contribution < -0.4 is 0 Å². The quantitative estimate of drug-likeness (QED) is 0.302. The van der Waals surface area contributed by atoms with Gasteiger partial charge < -0.3 is 9.64 Å². The molecule has 0 aliphatic carbocycles. The fraction of sp³-hybridized carbons (Fsp3) is 0.387. The van der Waals surface area contributed by atoms with E-state index in [2.05, 4.69) is 41.2 Å². The van der Waals surface area contributed by atoms with Crippen LogP contribution in [0.4, 0.5) is 4.79 Å². The normalized spacial score (nSPS) is 15.8. The van der Waals surface area contributed by atoms with Gasteiger partial charge in [0.15, 0.2) is 0 Å². The maximum Gasteiger partial charge on any atom is 0.410 e. The van der Waals surface area contributed by atoms with Gasteiger partial charge in [0.2, 0.25) is 0 Å². The number of carbonyl (C=O) groups is 1. The molecule has 1 unspecified atom stereocenters. The minimum Gasteiger partial charge on any atom is -0.444 e. The third-order valence-electron chi connectivity index (χ3n) is 6.89. The average molecular weight is 525 g/mol. The second-order valence-corrected chi connectivity index (χ2v) is 11.0. The van der Waals surface area contributed by atoms with Gasteiger partial charge in [-0.25, -0.2) is 14.8 Å². The molecular formula is C31H36N6O2. The number of hydrogen-bond acceptors (Lipinski definition) is 6. The number of pyridine rings is 1. The van der Waals surface area contributed by atoms with Gasteiger partial charge in [-0.15, -0.1) is 0 Å². The zero-order chi connectivity index (χ0) is 27.4. The van der Waals surface area contributed by atoms with Crippen LogP contribution in [0.2, 0.25) is 0 Å². The number of carbonyl (C=O) groups excluding carboxylic acids is 1. The molecule has 202 valence electrons. The topological polar surface area (TPSA) is 86.0 Å². The number of hydrogen-bond donors (Lipinski definition) is 0. The summed E-state index contributed by atoms with van der Waals surface area (Å²) in [6.07, 6.45) is 9.89. The predicted octanol–water partition coefficient (Wildman–Crippen LogP) is 6.13. The molecule has 5 rings (SSSR count). The van der Waals surface area contributed by atoms with E-state index in [1.54, 1.807) is 6.20 Å². The highest BCUT2D eigenvalue weighted by Crippen LogP contribution is 2.30. The number of nitrogens with zero attached hydrogens (tertiary/aromatic N) is 6. The SMILES string of the molecule is CCn1cc(-c2ccnc(Cc3ccc(C4CCCN(C(=O)OC(C)(C)C)C4)cc3)n2)c(-c2cccnc2)n1. The van der Waals surface area contributed by atoms with Crippen molar-refractivity contribution in [2.24, 2.45) is 0 Å². The monoisotopic (exact) mass is 524 g/mol. The largest absolute Gasteiger partial charge is 0.444 e. The molecule has 0 spiro atoms. The van der Waals surface area contributed by atoms with Gasteiger partial charge in [-0.05, 0) is 69.9 Å². The van der Waals surface area contributed by atoms with Crippen molar-refractivity contribution in [1.29, 1.82) is 0 Å². The summed E-state index contributed by atoms with van der Waals surface area (Å²) in [5.41, 5.74) is 5.55. The number of aryl methyl sites for hydroxylation is 1. The molecule has 0 radical (unpaired) electrons. The van der Waals surface area contributed by atoms with Crippen LogP contribution in [0.15, 0.2) is 67.3 Å². The maximum absolute atomic E-state index is 12.6. The van der Waals surface area contributed by atoms with Crippen LogP contribution >= 0.6 is 0 Å². The Bertz CT molecular complexity index is 1410. The van der Waals surface area contributed by atoms with Gasteiger partial charge >= 0.3 is 6.09 Å². The smallest absolute Gasteiger partial charge is 0.410 e. The lowest BCUT2D eigenvalue weighted by Crippen LogP contribution is -2.42. The van der Waals surface area contributed by atoms with E-state index in [1.807, 2.05) is 67.1 Å². The molecule has 1 atom stereocenters. The standard InChI is InChI=1S/C31H36N6O2/c1-5-37-21-26(29(35-37)24-8-6-15-32-19-24)27-14-16-33-28(34-27)18-22-10-12-23(13-11-22)25-9-7-17-36(20-25)30(38)39-31(2,3)4/h6,8,10-16,19,21,25H,5,7,9,17-18,20H2,1-4H3. The fourth-order valence-electron chi connectivity index (χ4n) is 4.95. The van der Waals surface area contributed by atoms with Crippen LogP contribution in [0.5, 0.6) is 0 Å². The molecule has 0 bridgehead atoms. The average Bonchev–Trinajstić information content (AvgIpc) is 3.38. The summed E-state index contributed by atoms with van der Waals surface area (Å²) in [4.78, 5) is 28.1. The molecule has 3 aromatic heterocycles. The molecule has 8 heteroatoms. The highest BCUT2D eigenvalue weighted by Gasteiger charge is 2.28. The van der Waals surface area contributed by atoms with E-state index in [4.69, 9.17) is 14.8 Å². The summed E-state index contributed by atoms with van der Waals surface area (Å²) in [7, 11) is 0. The number of piperidine rings is 1. The Kier molecular flexibility index (Phi) is 7.72. The molecule has 1 fully saturated rings. The van der Waals surface area contributed by atoms with Crippen molar-refractivity contribution in [3.63, 3.8) is 0 Å². The van der Waals surface area contributed by atoms with Gasteiger partial charge in [-0.2, -0.15) is 5.10 Å². The summed E-state index contributed by atoms with van der Waals surface area (Å²) in [6, 6.07) is 14.5. The summed E-state index contributed by atoms with van der Waals surface area (Å²) in [5.74, 6) is 1.07. The molecule has 1 aliphatic heterocycles. The van der Waals surface area contributed by atoms with Gasteiger partial charge in [0.05, 0.1) is 5.69 Å². The van der Waals surface area contributed by atoms with Crippen LogP contribution in [-0.4, -0.2) is 54.4 Å². The van der Waals surface area contributed by atoms with E-state index in [-0.39, 0.29) is 6.09 Å². The summed E-state index contributed by atoms with van der Waals surface area (Å²) in [6.45, 7) is 9.99. The number of amides is 1. The molecule has 4 aromatic rings. The summed E-state index contributed by atoms with van der Waals surface area (Å²) >= 11 is 0. The molecule has 8 nitrogen and oxygen atoms in total. The molecule has 0 saturated carbocycles. The lowest BCUT2D eigenvalue weighted by atomic mass is 9.90. The van der Waals surface area contributed by atoms with Gasteiger partial charge in [-0.1, -0.05) is 24.3 Å². The molecule has 1 amide bonds. The Morgan fingerprint density at radius 1 is 1.10 bits per heavy atom. The molecular weight excluding hydrogens is 488 g/mol. The van der Waals surface area contributed by atoms with Crippen molar-refractivity contribution < 1.29 is 9.53 Å². The van der Waals surface area contributed by atoms with E-state index < -0.39 is 5.60 Å². The van der Waals surface area contributed by atoms with E-state index in [0.29, 0.717) is 18.9 Å². The van der Waals surface area contributed by atoms with Crippen molar-refractivity contribution in [2.45, 2.75) is 65.0 Å². The molecule has 0 N–H and O–H groups in total. The van der Waals surface area contributed by atoms with Crippen molar-refractivity contribution in [3.8, 4) is 22.5 Å². The zero-order valence-electron chi connectivity index (χ0n) is 23.2. The Balaban J connectivity index is 1.30. The Labute approximate surface area is 230 Å². The Morgan fingerprint density at radius 2 is 1.92 bits per heavy atom. The molecule has 4 heterocycles. The summed E-state index contributed by atoms with van der Waals surface area (Å²) < 4.78 is 7.52. The van der Waals surface area contributed by atoms with E-state index in [0.717, 1.165) is 59.8 Å².